The maximum atomic E-state index is 16.6. The molecule has 5 aromatic rings. The molecule has 54 heavy (non-hydrogen) atoms. The van der Waals surface area contributed by atoms with Gasteiger partial charge in [-0.15, -0.1) is 0 Å². The van der Waals surface area contributed by atoms with Crippen molar-refractivity contribution in [3.05, 3.63) is 131 Å². The molecule has 0 amide bonds. The van der Waals surface area contributed by atoms with Gasteiger partial charge in [-0.3, -0.25) is 9.29 Å². The van der Waals surface area contributed by atoms with Gasteiger partial charge >= 0.3 is 0 Å². The monoisotopic (exact) mass is 757 g/mol. The number of fused-ring (bicyclic) bond motifs is 3. The zero-order valence-corrected chi connectivity index (χ0v) is 32.3. The molecule has 4 atom stereocenters. The zero-order chi connectivity index (χ0) is 38.2. The predicted molar refractivity (Wildman–Crippen MR) is 210 cm³/mol. The lowest BCUT2D eigenvalue weighted by atomic mass is 9.85. The number of nitrogens with zero attached hydrogens (tertiary/aromatic N) is 2. The smallest absolute Gasteiger partial charge is 0.258 e. The average molecular weight is 758 g/mol. The molecule has 0 saturated carbocycles. The van der Waals surface area contributed by atoms with Crippen molar-refractivity contribution in [1.29, 1.82) is 0 Å². The van der Waals surface area contributed by atoms with Crippen LogP contribution in [0.25, 0.3) is 10.9 Å². The van der Waals surface area contributed by atoms with Gasteiger partial charge in [0.05, 0.1) is 18.8 Å². The van der Waals surface area contributed by atoms with Crippen molar-refractivity contribution in [2.75, 3.05) is 32.9 Å². The Morgan fingerprint density at radius 1 is 0.907 bits per heavy atom. The van der Waals surface area contributed by atoms with Crippen molar-refractivity contribution >= 4 is 29.6 Å². The summed E-state index contributed by atoms with van der Waals surface area (Å²) in [5.41, 5.74) is 2.44. The standard InChI is InChI=1S/C44H51F4N3O2Si/c1-29-23-36-35-17-10-11-18-39(35)49-41(36)42(40-37(47)24-30(25-38(40)48)43(52)31-26-50(27-31)22-12-21-45)51(29)28-32(46)19-20-44(2,3)54(53,33-13-6-4-7-14-33)34-15-8-5-9-16-34/h4-11,13-18,24-25,29,31-32,42-43,49,52-53H,12,19-23,26-28H2,1-3H3/t29-,32-,42-,43?/m1/s1. The van der Waals surface area contributed by atoms with Crippen molar-refractivity contribution in [3.63, 3.8) is 0 Å². The number of para-hydroxylation sites is 1. The van der Waals surface area contributed by atoms with E-state index in [1.165, 1.54) is 12.1 Å². The van der Waals surface area contributed by atoms with Crippen LogP contribution in [0.3, 0.4) is 0 Å². The molecule has 3 N–H and O–H groups in total. The van der Waals surface area contributed by atoms with Crippen LogP contribution in [0.2, 0.25) is 5.04 Å². The van der Waals surface area contributed by atoms with Crippen LogP contribution in [0.1, 0.15) is 74.6 Å². The normalized spacial score (nSPS) is 19.8. The third-order valence-electron chi connectivity index (χ3n) is 12.1. The Balaban J connectivity index is 1.17. The van der Waals surface area contributed by atoms with E-state index in [-0.39, 0.29) is 36.1 Å². The molecule has 0 aliphatic carbocycles. The molecule has 1 aromatic heterocycles. The molecule has 1 saturated heterocycles. The number of likely N-dealkylation sites (tertiary alicyclic amines) is 1. The Labute approximate surface area is 316 Å². The molecule has 4 aromatic carbocycles. The van der Waals surface area contributed by atoms with E-state index < -0.39 is 50.0 Å². The molecule has 1 unspecified atom stereocenters. The highest BCUT2D eigenvalue weighted by atomic mass is 28.4. The Kier molecular flexibility index (Phi) is 11.2. The lowest BCUT2D eigenvalue weighted by Crippen LogP contribution is -2.65. The fourth-order valence-electron chi connectivity index (χ4n) is 9.01. The van der Waals surface area contributed by atoms with Crippen molar-refractivity contribution in [1.82, 2.24) is 14.8 Å². The van der Waals surface area contributed by atoms with E-state index in [2.05, 4.69) is 4.98 Å². The summed E-state index contributed by atoms with van der Waals surface area (Å²) in [6.45, 7) is 7.18. The molecule has 286 valence electrons. The maximum Gasteiger partial charge on any atom is 0.258 e. The van der Waals surface area contributed by atoms with Crippen LogP contribution in [-0.4, -0.2) is 78.1 Å². The SMILES string of the molecule is C[C@@H]1Cc2c([nH]c3ccccc23)[C@@H](c2c(F)cc(C(O)C3CN(CCCF)C3)cc2F)N1C[C@H](F)CCC(C)(C)[Si](O)(c1ccccc1)c1ccccc1. The number of halogens is 4. The van der Waals surface area contributed by atoms with Crippen molar-refractivity contribution in [2.45, 2.75) is 75.9 Å². The van der Waals surface area contributed by atoms with Crippen molar-refractivity contribution < 1.29 is 27.5 Å². The van der Waals surface area contributed by atoms with E-state index >= 15 is 13.2 Å². The number of rotatable bonds is 14. The van der Waals surface area contributed by atoms with Crippen LogP contribution in [0.15, 0.2) is 97.1 Å². The molecule has 0 radical (unpaired) electrons. The molecular weight excluding hydrogens is 707 g/mol. The number of benzene rings is 4. The largest absolute Gasteiger partial charge is 0.424 e. The number of H-pyrrole nitrogens is 1. The first-order valence-corrected chi connectivity index (χ1v) is 21.2. The highest BCUT2D eigenvalue weighted by Crippen LogP contribution is 2.45. The lowest BCUT2D eigenvalue weighted by molar-refractivity contribution is -0.00641. The highest BCUT2D eigenvalue weighted by molar-refractivity contribution is 6.98. The minimum Gasteiger partial charge on any atom is -0.424 e. The Morgan fingerprint density at radius 3 is 2.11 bits per heavy atom. The van der Waals surface area contributed by atoms with Gasteiger partial charge in [0.1, 0.15) is 17.8 Å². The van der Waals surface area contributed by atoms with Crippen LogP contribution in [-0.2, 0) is 6.42 Å². The van der Waals surface area contributed by atoms with Crippen LogP contribution in [0.4, 0.5) is 17.6 Å². The molecule has 7 rings (SSSR count). The first-order chi connectivity index (χ1) is 25.9. The van der Waals surface area contributed by atoms with E-state index in [0.29, 0.717) is 44.6 Å². The Hall–Kier alpha value is -3.80. The number of aromatic amines is 1. The number of aliphatic hydroxyl groups is 1. The van der Waals surface area contributed by atoms with Gasteiger partial charge in [0.15, 0.2) is 0 Å². The van der Waals surface area contributed by atoms with Gasteiger partial charge in [-0.25, -0.2) is 13.2 Å². The fraction of sp³-hybridized carbons (Fsp3) is 0.409. The summed E-state index contributed by atoms with van der Waals surface area (Å²) in [6, 6.07) is 28.4. The summed E-state index contributed by atoms with van der Waals surface area (Å²) in [4.78, 5) is 20.0. The number of hydrogen-bond acceptors (Lipinski definition) is 4. The van der Waals surface area contributed by atoms with E-state index in [1.54, 1.807) is 0 Å². The quantitative estimate of drug-likeness (QED) is 0.0802. The van der Waals surface area contributed by atoms with Gasteiger partial charge in [-0.2, -0.15) is 0 Å². The molecule has 5 nitrogen and oxygen atoms in total. The molecule has 2 aliphatic heterocycles. The maximum absolute atomic E-state index is 16.6. The molecule has 1 fully saturated rings. The summed E-state index contributed by atoms with van der Waals surface area (Å²) in [5, 5.41) is 13.2. The summed E-state index contributed by atoms with van der Waals surface area (Å²) >= 11 is 0. The van der Waals surface area contributed by atoms with Gasteiger partial charge in [0, 0.05) is 60.3 Å². The molecule has 2 aliphatic rings. The second-order valence-corrected chi connectivity index (χ2v) is 20.0. The Bertz CT molecular complexity index is 1980. The fourth-order valence-corrected chi connectivity index (χ4v) is 12.8. The third kappa shape index (κ3) is 7.19. The van der Waals surface area contributed by atoms with E-state index in [1.807, 2.05) is 116 Å². The number of hydrogen-bond donors (Lipinski definition) is 3. The van der Waals surface area contributed by atoms with Gasteiger partial charge in [0.2, 0.25) is 0 Å². The minimum atomic E-state index is -3.36. The predicted octanol–water partition coefficient (Wildman–Crippen LogP) is 7.76. The molecule has 0 spiro atoms. The van der Waals surface area contributed by atoms with E-state index in [4.69, 9.17) is 0 Å². The topological polar surface area (TPSA) is 62.7 Å². The summed E-state index contributed by atoms with van der Waals surface area (Å²) in [6.07, 6.45) is -0.887. The number of nitrogens with one attached hydrogen (secondary N) is 1. The average Bonchev–Trinajstić information content (AvgIpc) is 3.52. The zero-order valence-electron chi connectivity index (χ0n) is 31.3. The number of aliphatic hydroxyl groups excluding tert-OH is 1. The van der Waals surface area contributed by atoms with Crippen LogP contribution >= 0.6 is 0 Å². The molecule has 3 heterocycles. The summed E-state index contributed by atoms with van der Waals surface area (Å²) in [7, 11) is -3.36. The van der Waals surface area contributed by atoms with E-state index in [0.717, 1.165) is 26.8 Å². The number of alkyl halides is 2. The minimum absolute atomic E-state index is 0.0621. The van der Waals surface area contributed by atoms with Gasteiger partial charge in [-0.05, 0) is 77.3 Å². The van der Waals surface area contributed by atoms with Crippen molar-refractivity contribution in [3.8, 4) is 0 Å². The second-order valence-electron chi connectivity index (χ2n) is 16.1. The van der Waals surface area contributed by atoms with Gasteiger partial charge < -0.3 is 19.8 Å². The first-order valence-electron chi connectivity index (χ1n) is 19.2. The molecule has 10 heteroatoms. The summed E-state index contributed by atoms with van der Waals surface area (Å²) < 4.78 is 62.2. The van der Waals surface area contributed by atoms with Gasteiger partial charge in [-0.1, -0.05) is 92.7 Å². The third-order valence-corrected chi connectivity index (χ3v) is 16.7. The molecule has 0 bridgehead atoms. The van der Waals surface area contributed by atoms with Crippen LogP contribution in [0.5, 0.6) is 0 Å². The summed E-state index contributed by atoms with van der Waals surface area (Å²) in [5.74, 6) is -1.78. The van der Waals surface area contributed by atoms with Crippen LogP contribution in [0, 0.1) is 17.6 Å². The van der Waals surface area contributed by atoms with E-state index in [9.17, 15) is 14.3 Å². The highest BCUT2D eigenvalue weighted by Gasteiger charge is 2.50. The number of aromatic nitrogens is 1. The van der Waals surface area contributed by atoms with Crippen LogP contribution < -0.4 is 10.4 Å². The van der Waals surface area contributed by atoms with Gasteiger partial charge in [0.25, 0.3) is 8.32 Å². The lowest BCUT2D eigenvalue weighted by Gasteiger charge is -2.43. The molecular formula is C44H51F4N3O2Si. The Morgan fingerprint density at radius 2 is 1.50 bits per heavy atom. The second kappa shape index (κ2) is 15.7. The van der Waals surface area contributed by atoms with Crippen molar-refractivity contribution in [2.24, 2.45) is 5.92 Å². The first kappa shape index (κ1) is 38.5.